The van der Waals surface area contributed by atoms with Gasteiger partial charge in [0.1, 0.15) is 6.54 Å². The second-order valence-corrected chi connectivity index (χ2v) is 9.11. The van der Waals surface area contributed by atoms with Crippen molar-refractivity contribution in [2.24, 2.45) is 0 Å². The third-order valence-corrected chi connectivity index (χ3v) is 6.44. The number of fused-ring (bicyclic) bond motifs is 1. The number of unbranched alkanes of at least 4 members (excludes halogenated alkanes) is 3. The van der Waals surface area contributed by atoms with Crippen molar-refractivity contribution in [2.45, 2.75) is 45.6 Å². The van der Waals surface area contributed by atoms with Gasteiger partial charge in [-0.05, 0) is 24.5 Å². The monoisotopic (exact) mass is 490 g/mol. The summed E-state index contributed by atoms with van der Waals surface area (Å²) in [5.74, 6) is -1.79. The number of hydrogen-bond acceptors (Lipinski definition) is 6. The summed E-state index contributed by atoms with van der Waals surface area (Å²) in [6.45, 7) is 1.78. The molecule has 9 heteroatoms. The summed E-state index contributed by atoms with van der Waals surface area (Å²) in [7, 11) is 0. The van der Waals surface area contributed by atoms with Crippen LogP contribution in [0.25, 0.3) is 22.0 Å². The number of nitrogens with zero attached hydrogens (tertiary/aromatic N) is 3. The minimum Gasteiger partial charge on any atom is -0.476 e. The molecule has 0 spiro atoms. The number of hydrogen-bond donors (Lipinski definition) is 2. The van der Waals surface area contributed by atoms with Crippen molar-refractivity contribution in [1.82, 2.24) is 14.8 Å². The quantitative estimate of drug-likeness (QED) is 0.303. The Kier molecular flexibility index (Phi) is 7.67. The third kappa shape index (κ3) is 5.81. The van der Waals surface area contributed by atoms with Crippen molar-refractivity contribution in [3.8, 4) is 11.3 Å². The van der Waals surface area contributed by atoms with Gasteiger partial charge in [0.25, 0.3) is 5.56 Å². The average molecular weight is 491 g/mol. The van der Waals surface area contributed by atoms with Crippen LogP contribution in [0.3, 0.4) is 0 Å². The zero-order chi connectivity index (χ0) is 24.8. The Bertz CT molecular complexity index is 1410. The molecule has 0 aliphatic rings. The number of carbonyl (C=O) groups is 2. The number of aromatic nitrogens is 3. The maximum atomic E-state index is 12.7. The van der Waals surface area contributed by atoms with E-state index in [2.05, 4.69) is 34.5 Å². The molecule has 4 aromatic rings. The molecule has 1 amide bonds. The van der Waals surface area contributed by atoms with E-state index in [9.17, 15) is 19.5 Å². The molecule has 0 saturated heterocycles. The SMILES string of the molecule is CCCCCCc1ccc(-c2csc(NC(=O)Cn3nc(C(=O)O)c4ccccc4c3=O)n2)cc1. The summed E-state index contributed by atoms with van der Waals surface area (Å²) < 4.78 is 0.870. The molecule has 2 aromatic carbocycles. The Morgan fingerprint density at radius 3 is 2.49 bits per heavy atom. The van der Waals surface area contributed by atoms with Gasteiger partial charge in [0.15, 0.2) is 10.8 Å². The van der Waals surface area contributed by atoms with Crippen LogP contribution >= 0.6 is 11.3 Å². The number of rotatable bonds is 10. The highest BCUT2D eigenvalue weighted by atomic mass is 32.1. The molecule has 2 N–H and O–H groups in total. The van der Waals surface area contributed by atoms with Gasteiger partial charge in [-0.1, -0.05) is 68.7 Å². The first-order chi connectivity index (χ1) is 17.0. The van der Waals surface area contributed by atoms with Crippen molar-refractivity contribution in [2.75, 3.05) is 5.32 Å². The summed E-state index contributed by atoms with van der Waals surface area (Å²) >= 11 is 1.28. The highest BCUT2D eigenvalue weighted by Gasteiger charge is 2.17. The topological polar surface area (TPSA) is 114 Å². The first-order valence-corrected chi connectivity index (χ1v) is 12.4. The fourth-order valence-electron chi connectivity index (χ4n) is 3.86. The van der Waals surface area contributed by atoms with E-state index >= 15 is 0 Å². The van der Waals surface area contributed by atoms with Crippen LogP contribution < -0.4 is 10.9 Å². The molecule has 0 saturated carbocycles. The molecular weight excluding hydrogens is 464 g/mol. The van der Waals surface area contributed by atoms with E-state index in [1.165, 1.54) is 54.7 Å². The first kappa shape index (κ1) is 24.3. The van der Waals surface area contributed by atoms with Crippen LogP contribution in [0, 0.1) is 0 Å². The molecule has 0 bridgehead atoms. The summed E-state index contributed by atoms with van der Waals surface area (Å²) in [6.07, 6.45) is 5.97. The Morgan fingerprint density at radius 1 is 1.03 bits per heavy atom. The van der Waals surface area contributed by atoms with E-state index in [1.807, 2.05) is 17.5 Å². The molecule has 0 aliphatic heterocycles. The molecule has 0 aliphatic carbocycles. The second-order valence-electron chi connectivity index (χ2n) is 8.26. The molecule has 0 fully saturated rings. The maximum absolute atomic E-state index is 12.7. The van der Waals surface area contributed by atoms with Crippen molar-refractivity contribution in [3.63, 3.8) is 0 Å². The normalized spacial score (nSPS) is 11.0. The van der Waals surface area contributed by atoms with Gasteiger partial charge in [-0.2, -0.15) is 5.10 Å². The minimum atomic E-state index is -1.27. The van der Waals surface area contributed by atoms with Crippen molar-refractivity contribution in [1.29, 1.82) is 0 Å². The summed E-state index contributed by atoms with van der Waals surface area (Å²) in [4.78, 5) is 41.4. The lowest BCUT2D eigenvalue weighted by Crippen LogP contribution is -2.31. The summed E-state index contributed by atoms with van der Waals surface area (Å²) in [6, 6.07) is 14.6. The fourth-order valence-corrected chi connectivity index (χ4v) is 4.59. The van der Waals surface area contributed by atoms with E-state index < -0.39 is 24.0 Å². The van der Waals surface area contributed by atoms with Gasteiger partial charge < -0.3 is 10.4 Å². The largest absolute Gasteiger partial charge is 0.476 e. The molecule has 0 atom stereocenters. The predicted molar refractivity (Wildman–Crippen MR) is 137 cm³/mol. The van der Waals surface area contributed by atoms with E-state index in [4.69, 9.17) is 0 Å². The minimum absolute atomic E-state index is 0.193. The summed E-state index contributed by atoms with van der Waals surface area (Å²) in [5, 5.41) is 18.7. The smallest absolute Gasteiger partial charge is 0.357 e. The van der Waals surface area contributed by atoms with E-state index in [0.29, 0.717) is 5.13 Å². The van der Waals surface area contributed by atoms with E-state index in [0.717, 1.165) is 22.4 Å². The zero-order valence-electron chi connectivity index (χ0n) is 19.4. The van der Waals surface area contributed by atoms with Gasteiger partial charge >= 0.3 is 5.97 Å². The molecule has 0 unspecified atom stereocenters. The molecule has 0 radical (unpaired) electrons. The number of carboxylic acid groups (broad SMARTS) is 1. The third-order valence-electron chi connectivity index (χ3n) is 5.68. The van der Waals surface area contributed by atoms with Crippen LogP contribution in [0.1, 0.15) is 48.7 Å². The van der Waals surface area contributed by atoms with Gasteiger partial charge in [-0.25, -0.2) is 14.5 Å². The average Bonchev–Trinajstić information content (AvgIpc) is 3.32. The number of carboxylic acids is 1. The lowest BCUT2D eigenvalue weighted by Gasteiger charge is -2.08. The molecule has 2 aromatic heterocycles. The zero-order valence-corrected chi connectivity index (χ0v) is 20.2. The lowest BCUT2D eigenvalue weighted by atomic mass is 10.0. The molecule has 2 heterocycles. The van der Waals surface area contributed by atoms with Gasteiger partial charge in [0.2, 0.25) is 5.91 Å². The van der Waals surface area contributed by atoms with Crippen molar-refractivity contribution >= 4 is 39.1 Å². The maximum Gasteiger partial charge on any atom is 0.357 e. The van der Waals surface area contributed by atoms with Crippen LogP contribution in [0.2, 0.25) is 0 Å². The molecule has 8 nitrogen and oxygen atoms in total. The number of thiazole rings is 1. The Labute approximate surface area is 206 Å². The van der Waals surface area contributed by atoms with E-state index in [1.54, 1.807) is 12.1 Å². The van der Waals surface area contributed by atoms with Crippen LogP contribution in [-0.4, -0.2) is 31.7 Å². The van der Waals surface area contributed by atoms with Crippen LogP contribution in [0.4, 0.5) is 5.13 Å². The number of nitrogens with one attached hydrogen (secondary N) is 1. The van der Waals surface area contributed by atoms with E-state index in [-0.39, 0.29) is 16.5 Å². The Morgan fingerprint density at radius 2 is 1.77 bits per heavy atom. The Hall–Kier alpha value is -3.85. The molecule has 35 heavy (non-hydrogen) atoms. The molecule has 180 valence electrons. The number of amides is 1. The summed E-state index contributed by atoms with van der Waals surface area (Å²) in [5.41, 5.74) is 2.19. The van der Waals surface area contributed by atoms with Crippen LogP contribution in [-0.2, 0) is 17.8 Å². The standard InChI is InChI=1S/C26H26N4O4S/c1-2-3-4-5-8-17-11-13-18(14-12-17)21-16-35-26(27-21)28-22(31)15-30-24(32)20-10-7-6-9-19(20)23(29-30)25(33)34/h6-7,9-14,16H,2-5,8,15H2,1H3,(H,33,34)(H,27,28,31). The lowest BCUT2D eigenvalue weighted by molar-refractivity contribution is -0.117. The van der Waals surface area contributed by atoms with Gasteiger partial charge in [0.05, 0.1) is 11.1 Å². The highest BCUT2D eigenvalue weighted by molar-refractivity contribution is 7.14. The van der Waals surface area contributed by atoms with Crippen LogP contribution in [0.15, 0.2) is 58.7 Å². The Balaban J connectivity index is 1.44. The molecule has 4 rings (SSSR count). The number of carbonyl (C=O) groups excluding carboxylic acids is 1. The number of benzene rings is 2. The number of aromatic carboxylic acids is 1. The van der Waals surface area contributed by atoms with Crippen LogP contribution in [0.5, 0.6) is 0 Å². The first-order valence-electron chi connectivity index (χ1n) is 11.5. The molecular formula is C26H26N4O4S. The predicted octanol–water partition coefficient (Wildman–Crippen LogP) is 4.98. The number of anilines is 1. The van der Waals surface area contributed by atoms with Gasteiger partial charge in [-0.3, -0.25) is 9.59 Å². The fraction of sp³-hybridized carbons (Fsp3) is 0.269. The second kappa shape index (κ2) is 11.1. The van der Waals surface area contributed by atoms with Gasteiger partial charge in [-0.15, -0.1) is 11.3 Å². The number of aryl methyl sites for hydroxylation is 1. The van der Waals surface area contributed by atoms with Crippen molar-refractivity contribution < 1.29 is 14.7 Å². The highest BCUT2D eigenvalue weighted by Crippen LogP contribution is 2.25. The van der Waals surface area contributed by atoms with Gasteiger partial charge in [0, 0.05) is 16.3 Å². The van der Waals surface area contributed by atoms with Crippen molar-refractivity contribution in [3.05, 3.63) is 75.5 Å².